The molecule has 6 nitrogen and oxygen atoms in total. The van der Waals surface area contributed by atoms with Gasteiger partial charge in [-0.25, -0.2) is 9.78 Å². The summed E-state index contributed by atoms with van der Waals surface area (Å²) >= 11 is 0. The van der Waals surface area contributed by atoms with E-state index in [0.717, 1.165) is 24.8 Å². The molecule has 0 saturated carbocycles. The van der Waals surface area contributed by atoms with Crippen molar-refractivity contribution in [3.8, 4) is 6.07 Å². The number of aromatic nitrogens is 1. The second kappa shape index (κ2) is 7.60. The summed E-state index contributed by atoms with van der Waals surface area (Å²) < 4.78 is 5.63. The van der Waals surface area contributed by atoms with Gasteiger partial charge in [-0.05, 0) is 42.9 Å². The molecular formula is C15H19N3O3. The Hall–Kier alpha value is -2.13. The fraction of sp³-hybridized carbons (Fsp3) is 0.533. The van der Waals surface area contributed by atoms with Gasteiger partial charge in [-0.2, -0.15) is 5.26 Å². The van der Waals surface area contributed by atoms with Gasteiger partial charge in [0.1, 0.15) is 11.8 Å². The SMILES string of the molecule is N#Cc1cc(COCCC2CCN(C(=O)O)CC2)ccn1. The molecule has 1 aliphatic rings. The van der Waals surface area contributed by atoms with Gasteiger partial charge < -0.3 is 14.7 Å². The summed E-state index contributed by atoms with van der Waals surface area (Å²) in [6, 6.07) is 5.57. The summed E-state index contributed by atoms with van der Waals surface area (Å²) in [4.78, 5) is 16.2. The zero-order valence-corrected chi connectivity index (χ0v) is 11.9. The average Bonchev–Trinajstić information content (AvgIpc) is 2.52. The molecule has 1 aromatic heterocycles. The highest BCUT2D eigenvalue weighted by Crippen LogP contribution is 2.20. The van der Waals surface area contributed by atoms with Crippen LogP contribution in [0, 0.1) is 17.2 Å². The van der Waals surface area contributed by atoms with Crippen molar-refractivity contribution in [3.05, 3.63) is 29.6 Å². The largest absolute Gasteiger partial charge is 0.465 e. The Kier molecular flexibility index (Phi) is 5.52. The molecule has 0 atom stereocenters. The van der Waals surface area contributed by atoms with Gasteiger partial charge in [0.15, 0.2) is 0 Å². The average molecular weight is 289 g/mol. The number of nitrogens with zero attached hydrogens (tertiary/aromatic N) is 3. The molecule has 1 aliphatic heterocycles. The van der Waals surface area contributed by atoms with Crippen LogP contribution in [0.1, 0.15) is 30.5 Å². The first-order chi connectivity index (χ1) is 10.2. The number of carbonyl (C=O) groups is 1. The molecule has 6 heteroatoms. The lowest BCUT2D eigenvalue weighted by molar-refractivity contribution is 0.0878. The van der Waals surface area contributed by atoms with Gasteiger partial charge in [0, 0.05) is 25.9 Å². The zero-order valence-electron chi connectivity index (χ0n) is 11.9. The van der Waals surface area contributed by atoms with Gasteiger partial charge in [0.25, 0.3) is 0 Å². The summed E-state index contributed by atoms with van der Waals surface area (Å²) in [5, 5.41) is 17.6. The fourth-order valence-electron chi connectivity index (χ4n) is 2.48. The Labute approximate surface area is 124 Å². The maximum absolute atomic E-state index is 10.8. The molecule has 0 aromatic carbocycles. The van der Waals surface area contributed by atoms with Crippen LogP contribution in [0.4, 0.5) is 4.79 Å². The molecule has 0 unspecified atom stereocenters. The number of pyridine rings is 1. The lowest BCUT2D eigenvalue weighted by Crippen LogP contribution is -2.37. The number of carboxylic acid groups (broad SMARTS) is 1. The molecule has 2 heterocycles. The third-order valence-corrected chi connectivity index (χ3v) is 3.76. The van der Waals surface area contributed by atoms with Crippen molar-refractivity contribution < 1.29 is 14.6 Å². The molecule has 1 saturated heterocycles. The Balaban J connectivity index is 1.64. The summed E-state index contributed by atoms with van der Waals surface area (Å²) in [6.07, 6.45) is 3.55. The van der Waals surface area contributed by atoms with E-state index in [1.807, 2.05) is 12.1 Å². The maximum Gasteiger partial charge on any atom is 0.407 e. The smallest absolute Gasteiger partial charge is 0.407 e. The number of hydrogen-bond donors (Lipinski definition) is 1. The lowest BCUT2D eigenvalue weighted by atomic mass is 9.94. The predicted octanol–water partition coefficient (Wildman–Crippen LogP) is 2.25. The van der Waals surface area contributed by atoms with E-state index in [9.17, 15) is 4.79 Å². The summed E-state index contributed by atoms with van der Waals surface area (Å²) in [5.74, 6) is 0.535. The summed E-state index contributed by atoms with van der Waals surface area (Å²) in [5.41, 5.74) is 1.35. The van der Waals surface area contributed by atoms with Crippen LogP contribution in [0.5, 0.6) is 0 Å². The Morgan fingerprint density at radius 1 is 1.52 bits per heavy atom. The molecule has 21 heavy (non-hydrogen) atoms. The molecule has 0 aliphatic carbocycles. The van der Waals surface area contributed by atoms with E-state index in [0.29, 0.717) is 37.9 Å². The van der Waals surface area contributed by atoms with E-state index < -0.39 is 6.09 Å². The molecule has 1 N–H and O–H groups in total. The standard InChI is InChI=1S/C15H19N3O3/c16-10-14-9-13(1-5-17-14)11-21-8-4-12-2-6-18(7-3-12)15(19)20/h1,5,9,12H,2-4,6-8,11H2,(H,19,20). The predicted molar refractivity (Wildman–Crippen MR) is 75.5 cm³/mol. The quantitative estimate of drug-likeness (QED) is 0.840. The summed E-state index contributed by atoms with van der Waals surface area (Å²) in [6.45, 7) is 2.37. The molecule has 0 radical (unpaired) electrons. The number of nitriles is 1. The lowest BCUT2D eigenvalue weighted by Gasteiger charge is -2.29. The second-order valence-corrected chi connectivity index (χ2v) is 5.22. The first-order valence-corrected chi connectivity index (χ1v) is 7.09. The van der Waals surface area contributed by atoms with Crippen LogP contribution < -0.4 is 0 Å². The third-order valence-electron chi connectivity index (χ3n) is 3.76. The molecule has 1 amide bonds. The number of rotatable bonds is 5. The van der Waals surface area contributed by atoms with Gasteiger partial charge in [-0.15, -0.1) is 0 Å². The van der Waals surface area contributed by atoms with Crippen LogP contribution >= 0.6 is 0 Å². The molecule has 2 rings (SSSR count). The number of amides is 1. The molecule has 112 valence electrons. The van der Waals surface area contributed by atoms with Crippen LogP contribution in [-0.2, 0) is 11.3 Å². The van der Waals surface area contributed by atoms with Gasteiger partial charge in [-0.1, -0.05) is 0 Å². The Morgan fingerprint density at radius 3 is 2.95 bits per heavy atom. The van der Waals surface area contributed by atoms with E-state index in [4.69, 9.17) is 15.1 Å². The normalized spacial score (nSPS) is 15.7. The minimum Gasteiger partial charge on any atom is -0.465 e. The van der Waals surface area contributed by atoms with Crippen LogP contribution in [0.2, 0.25) is 0 Å². The van der Waals surface area contributed by atoms with Crippen LogP contribution in [0.3, 0.4) is 0 Å². The minimum atomic E-state index is -0.823. The van der Waals surface area contributed by atoms with Crippen molar-refractivity contribution >= 4 is 6.09 Å². The van der Waals surface area contributed by atoms with Crippen LogP contribution in [0.15, 0.2) is 18.3 Å². The van der Waals surface area contributed by atoms with E-state index in [2.05, 4.69) is 4.98 Å². The van der Waals surface area contributed by atoms with Crippen molar-refractivity contribution in [1.29, 1.82) is 5.26 Å². The van der Waals surface area contributed by atoms with E-state index >= 15 is 0 Å². The molecular weight excluding hydrogens is 270 g/mol. The van der Waals surface area contributed by atoms with Crippen molar-refractivity contribution in [2.45, 2.75) is 25.9 Å². The maximum atomic E-state index is 10.8. The number of hydrogen-bond acceptors (Lipinski definition) is 4. The van der Waals surface area contributed by atoms with Crippen molar-refractivity contribution in [1.82, 2.24) is 9.88 Å². The van der Waals surface area contributed by atoms with Crippen molar-refractivity contribution in [2.75, 3.05) is 19.7 Å². The first-order valence-electron chi connectivity index (χ1n) is 7.09. The Bertz CT molecular complexity index is 519. The topological polar surface area (TPSA) is 86.5 Å². The van der Waals surface area contributed by atoms with Crippen molar-refractivity contribution in [3.63, 3.8) is 0 Å². The molecule has 1 aromatic rings. The van der Waals surface area contributed by atoms with Crippen LogP contribution in [-0.4, -0.2) is 40.8 Å². The number of ether oxygens (including phenoxy) is 1. The van der Waals surface area contributed by atoms with Crippen molar-refractivity contribution in [2.24, 2.45) is 5.92 Å². The van der Waals surface area contributed by atoms with Crippen LogP contribution in [0.25, 0.3) is 0 Å². The third kappa shape index (κ3) is 4.72. The monoisotopic (exact) mass is 289 g/mol. The highest BCUT2D eigenvalue weighted by molar-refractivity contribution is 5.64. The molecule has 0 bridgehead atoms. The first kappa shape index (κ1) is 15.3. The van der Waals surface area contributed by atoms with E-state index in [-0.39, 0.29) is 0 Å². The molecule has 0 spiro atoms. The highest BCUT2D eigenvalue weighted by atomic mass is 16.5. The highest BCUT2D eigenvalue weighted by Gasteiger charge is 2.21. The number of piperidine rings is 1. The molecule has 1 fully saturated rings. The fourth-order valence-corrected chi connectivity index (χ4v) is 2.48. The number of likely N-dealkylation sites (tertiary alicyclic amines) is 1. The van der Waals surface area contributed by atoms with Gasteiger partial charge in [0.05, 0.1) is 6.61 Å². The van der Waals surface area contributed by atoms with Gasteiger partial charge in [-0.3, -0.25) is 0 Å². The second-order valence-electron chi connectivity index (χ2n) is 5.22. The minimum absolute atomic E-state index is 0.400. The van der Waals surface area contributed by atoms with Gasteiger partial charge >= 0.3 is 6.09 Å². The Morgan fingerprint density at radius 2 is 2.29 bits per heavy atom. The van der Waals surface area contributed by atoms with E-state index in [1.54, 1.807) is 12.3 Å². The van der Waals surface area contributed by atoms with E-state index in [1.165, 1.54) is 4.90 Å². The summed E-state index contributed by atoms with van der Waals surface area (Å²) in [7, 11) is 0. The zero-order chi connectivity index (χ0) is 15.1. The van der Waals surface area contributed by atoms with Gasteiger partial charge in [0.2, 0.25) is 0 Å².